The molecule has 0 radical (unpaired) electrons. The van der Waals surface area contributed by atoms with Crippen molar-refractivity contribution >= 4 is 17.5 Å². The number of aromatic nitrogens is 2. The molecule has 3 heterocycles. The molecular weight excluding hydrogens is 400 g/mol. The number of amides is 1. The molecule has 1 spiro atoms. The largest absolute Gasteiger partial charge is 0.383 e. The Balaban J connectivity index is 1.60. The lowest BCUT2D eigenvalue weighted by molar-refractivity contribution is -0.136. The Kier molecular flexibility index (Phi) is 6.19. The van der Waals surface area contributed by atoms with Crippen LogP contribution in [-0.4, -0.2) is 65.2 Å². The van der Waals surface area contributed by atoms with Crippen molar-refractivity contribution in [2.45, 2.75) is 38.8 Å². The van der Waals surface area contributed by atoms with Crippen LogP contribution in [0.25, 0.3) is 0 Å². The summed E-state index contributed by atoms with van der Waals surface area (Å²) in [5, 5.41) is 0.744. The van der Waals surface area contributed by atoms with E-state index in [1.54, 1.807) is 7.11 Å². The third-order valence-corrected chi connectivity index (χ3v) is 6.87. The zero-order chi connectivity index (χ0) is 21.3. The van der Waals surface area contributed by atoms with Gasteiger partial charge >= 0.3 is 0 Å². The van der Waals surface area contributed by atoms with Crippen molar-refractivity contribution < 1.29 is 9.53 Å². The van der Waals surface area contributed by atoms with Crippen LogP contribution < -0.4 is 0 Å². The van der Waals surface area contributed by atoms with Gasteiger partial charge in [-0.25, -0.2) is 4.98 Å². The maximum atomic E-state index is 13.6. The van der Waals surface area contributed by atoms with Crippen molar-refractivity contribution in [3.05, 3.63) is 53.1 Å². The van der Waals surface area contributed by atoms with Gasteiger partial charge in [0.25, 0.3) is 0 Å². The minimum absolute atomic E-state index is 0.102. The number of halogens is 1. The van der Waals surface area contributed by atoms with Gasteiger partial charge in [-0.15, -0.1) is 0 Å². The predicted octanol–water partition coefficient (Wildman–Crippen LogP) is 3.58. The first-order chi connectivity index (χ1) is 14.4. The van der Waals surface area contributed by atoms with Crippen molar-refractivity contribution in [2.75, 3.05) is 39.9 Å². The van der Waals surface area contributed by atoms with Crippen molar-refractivity contribution in [1.82, 2.24) is 19.4 Å². The van der Waals surface area contributed by atoms with Crippen LogP contribution in [0, 0.1) is 5.41 Å². The van der Waals surface area contributed by atoms with E-state index in [9.17, 15) is 4.79 Å². The smallest absolute Gasteiger partial charge is 0.230 e. The summed E-state index contributed by atoms with van der Waals surface area (Å²) in [6.45, 7) is 8.72. The second-order valence-corrected chi connectivity index (χ2v) is 9.32. The third-order valence-electron chi connectivity index (χ3n) is 6.61. The summed E-state index contributed by atoms with van der Waals surface area (Å²) in [4.78, 5) is 22.7. The van der Waals surface area contributed by atoms with Gasteiger partial charge in [-0.05, 0) is 38.0 Å². The molecule has 2 aliphatic heterocycles. The van der Waals surface area contributed by atoms with Crippen molar-refractivity contribution in [3.63, 3.8) is 0 Å². The summed E-state index contributed by atoms with van der Waals surface area (Å²) in [5.41, 5.74) is 1.84. The lowest BCUT2D eigenvalue weighted by Gasteiger charge is -2.28. The van der Waals surface area contributed by atoms with Gasteiger partial charge in [-0.1, -0.05) is 23.7 Å². The normalized spacial score (nSPS) is 24.6. The Bertz CT molecular complexity index is 882. The number of nitrogens with zero attached hydrogens (tertiary/aromatic N) is 4. The molecule has 2 aliphatic rings. The highest BCUT2D eigenvalue weighted by atomic mass is 35.5. The van der Waals surface area contributed by atoms with E-state index in [0.29, 0.717) is 19.2 Å². The molecule has 0 N–H and O–H groups in total. The molecule has 162 valence electrons. The van der Waals surface area contributed by atoms with Crippen molar-refractivity contribution in [3.8, 4) is 0 Å². The van der Waals surface area contributed by atoms with Gasteiger partial charge in [0, 0.05) is 63.0 Å². The number of benzene rings is 1. The molecule has 1 aromatic heterocycles. The number of hydrogen-bond acceptors (Lipinski definition) is 4. The SMILES string of the molecule is COCCN1CC[C@]2(CN(Cc3ccc(Cl)cc3)C[C@@H]2c2cn(C(C)C)cn2)C1=O. The fraction of sp³-hybridized carbons (Fsp3) is 0.565. The second-order valence-electron chi connectivity index (χ2n) is 8.88. The van der Waals surface area contributed by atoms with E-state index >= 15 is 0 Å². The van der Waals surface area contributed by atoms with Crippen LogP contribution in [0.5, 0.6) is 0 Å². The van der Waals surface area contributed by atoms with E-state index in [4.69, 9.17) is 21.3 Å². The molecule has 2 saturated heterocycles. The Morgan fingerprint density at radius 3 is 2.73 bits per heavy atom. The highest BCUT2D eigenvalue weighted by molar-refractivity contribution is 6.30. The van der Waals surface area contributed by atoms with Crippen LogP contribution >= 0.6 is 11.6 Å². The van der Waals surface area contributed by atoms with E-state index in [1.807, 2.05) is 23.4 Å². The number of carbonyl (C=O) groups is 1. The third kappa shape index (κ3) is 4.01. The number of methoxy groups -OCH3 is 1. The van der Waals surface area contributed by atoms with Gasteiger partial charge in [0.15, 0.2) is 0 Å². The Morgan fingerprint density at radius 1 is 1.30 bits per heavy atom. The minimum Gasteiger partial charge on any atom is -0.383 e. The molecule has 2 aromatic rings. The summed E-state index contributed by atoms with van der Waals surface area (Å²) in [7, 11) is 1.68. The summed E-state index contributed by atoms with van der Waals surface area (Å²) >= 11 is 6.05. The minimum atomic E-state index is -0.406. The molecule has 0 aliphatic carbocycles. The lowest BCUT2D eigenvalue weighted by Crippen LogP contribution is -2.40. The zero-order valence-corrected chi connectivity index (χ0v) is 18.8. The van der Waals surface area contributed by atoms with Gasteiger partial charge in [-0.2, -0.15) is 0 Å². The highest BCUT2D eigenvalue weighted by Gasteiger charge is 2.57. The van der Waals surface area contributed by atoms with Crippen LogP contribution in [0.3, 0.4) is 0 Å². The number of hydrogen-bond donors (Lipinski definition) is 0. The maximum Gasteiger partial charge on any atom is 0.230 e. The number of likely N-dealkylation sites (tertiary alicyclic amines) is 2. The molecule has 0 bridgehead atoms. The average molecular weight is 431 g/mol. The summed E-state index contributed by atoms with van der Waals surface area (Å²) in [6.07, 6.45) is 4.90. The quantitative estimate of drug-likeness (QED) is 0.673. The van der Waals surface area contributed by atoms with Crippen LogP contribution in [0.15, 0.2) is 36.8 Å². The lowest BCUT2D eigenvalue weighted by atomic mass is 9.75. The van der Waals surface area contributed by atoms with E-state index in [-0.39, 0.29) is 11.8 Å². The molecule has 0 saturated carbocycles. The number of ether oxygens (including phenoxy) is 1. The number of rotatable bonds is 7. The Morgan fingerprint density at radius 2 is 2.07 bits per heavy atom. The van der Waals surface area contributed by atoms with Gasteiger partial charge in [-0.3, -0.25) is 9.69 Å². The molecular formula is C23H31ClN4O2. The van der Waals surface area contributed by atoms with E-state index in [0.717, 1.165) is 43.3 Å². The molecule has 30 heavy (non-hydrogen) atoms. The molecule has 2 fully saturated rings. The van der Waals surface area contributed by atoms with Crippen LogP contribution in [0.1, 0.15) is 43.5 Å². The van der Waals surface area contributed by atoms with E-state index in [2.05, 4.69) is 41.6 Å². The van der Waals surface area contributed by atoms with Gasteiger partial charge in [0.1, 0.15) is 0 Å². The van der Waals surface area contributed by atoms with Crippen molar-refractivity contribution in [2.24, 2.45) is 5.41 Å². The summed E-state index contributed by atoms with van der Waals surface area (Å²) in [6, 6.07) is 8.34. The van der Waals surface area contributed by atoms with E-state index < -0.39 is 5.41 Å². The fourth-order valence-corrected chi connectivity index (χ4v) is 5.04. The topological polar surface area (TPSA) is 50.6 Å². The number of imidazole rings is 1. The van der Waals surface area contributed by atoms with E-state index in [1.165, 1.54) is 5.56 Å². The van der Waals surface area contributed by atoms with Crippen molar-refractivity contribution in [1.29, 1.82) is 0 Å². The molecule has 2 atom stereocenters. The van der Waals surface area contributed by atoms with Gasteiger partial charge < -0.3 is 14.2 Å². The standard InChI is InChI=1S/C23H31ClN4O2/c1-17(2)28-14-21(25-16-28)20-13-26(12-18-4-6-19(24)7-5-18)15-23(20)8-9-27(22(23)29)10-11-30-3/h4-7,14,16-17,20H,8-13,15H2,1-3H3/t20-,23-/m1/s1. The predicted molar refractivity (Wildman–Crippen MR) is 118 cm³/mol. The summed E-state index contributed by atoms with van der Waals surface area (Å²) < 4.78 is 7.36. The first kappa shape index (κ1) is 21.3. The van der Waals surface area contributed by atoms with Crippen LogP contribution in [0.4, 0.5) is 0 Å². The monoisotopic (exact) mass is 430 g/mol. The maximum absolute atomic E-state index is 13.6. The molecule has 1 aromatic carbocycles. The molecule has 6 nitrogen and oxygen atoms in total. The van der Waals surface area contributed by atoms with Gasteiger partial charge in [0.05, 0.1) is 24.0 Å². The average Bonchev–Trinajstić information content (AvgIpc) is 3.42. The Hall–Kier alpha value is -1.89. The van der Waals surface area contributed by atoms with Crippen LogP contribution in [0.2, 0.25) is 5.02 Å². The molecule has 1 amide bonds. The second kappa shape index (κ2) is 8.69. The molecule has 7 heteroatoms. The fourth-order valence-electron chi connectivity index (χ4n) is 4.91. The molecule has 4 rings (SSSR count). The van der Waals surface area contributed by atoms with Gasteiger partial charge in [0.2, 0.25) is 5.91 Å². The van der Waals surface area contributed by atoms with Crippen LogP contribution in [-0.2, 0) is 16.1 Å². The summed E-state index contributed by atoms with van der Waals surface area (Å²) in [5.74, 6) is 0.354. The zero-order valence-electron chi connectivity index (χ0n) is 18.1. The molecule has 0 unspecified atom stereocenters. The Labute approximate surface area is 183 Å². The highest BCUT2D eigenvalue weighted by Crippen LogP contribution is 2.49. The number of carbonyl (C=O) groups excluding carboxylic acids is 1. The first-order valence-corrected chi connectivity index (χ1v) is 11.1. The first-order valence-electron chi connectivity index (χ1n) is 10.7.